The molecule has 220 valence electrons. The third-order valence-electron chi connectivity index (χ3n) is 5.17. The average molecular weight is 635 g/mol. The van der Waals surface area contributed by atoms with Gasteiger partial charge in [0.1, 0.15) is 24.7 Å². The van der Waals surface area contributed by atoms with Crippen molar-refractivity contribution in [1.82, 2.24) is 19.1 Å². The summed E-state index contributed by atoms with van der Waals surface area (Å²) in [5, 5.41) is 18.4. The van der Waals surface area contributed by atoms with Crippen LogP contribution in [0.3, 0.4) is 0 Å². The zero-order valence-electron chi connectivity index (χ0n) is 22.0. The van der Waals surface area contributed by atoms with E-state index < -0.39 is 17.5 Å². The molecule has 0 unspecified atom stereocenters. The maximum Gasteiger partial charge on any atom is 0.323 e. The highest BCUT2D eigenvalue weighted by Crippen LogP contribution is 2.22. The number of carbonyl (C=O) groups is 2. The molecule has 0 amide bonds. The summed E-state index contributed by atoms with van der Waals surface area (Å²) >= 11 is 3.69. The molecule has 0 spiro atoms. The Labute approximate surface area is 250 Å². The van der Waals surface area contributed by atoms with E-state index in [1.807, 2.05) is 0 Å². The van der Waals surface area contributed by atoms with Crippen LogP contribution < -0.4 is 11.1 Å². The average Bonchev–Trinajstić information content (AvgIpc) is 2.94. The number of hydrogen-bond donors (Lipinski definition) is 2. The molecule has 0 saturated carbocycles. The molecule has 4 rings (SSSR count). The largest absolute Gasteiger partial charge is 0.480 e. The quantitative estimate of drug-likeness (QED) is 0.181. The van der Waals surface area contributed by atoms with E-state index in [2.05, 4.69) is 9.97 Å². The molecule has 0 aliphatic carbocycles. The van der Waals surface area contributed by atoms with E-state index in [1.54, 1.807) is 30.5 Å². The number of hydrogen-bond acceptors (Lipinski definition) is 9. The second-order valence-corrected chi connectivity index (χ2v) is 11.1. The van der Waals surface area contributed by atoms with Crippen molar-refractivity contribution in [3.05, 3.63) is 110 Å². The normalized spacial score (nSPS) is 10.5. The first-order chi connectivity index (χ1) is 20.0. The third kappa shape index (κ3) is 10.5. The molecule has 0 atom stereocenters. The Hall–Kier alpha value is -3.95. The van der Waals surface area contributed by atoms with Gasteiger partial charge in [-0.25, -0.2) is 8.78 Å². The number of thioether (sulfide) groups is 3. The zero-order valence-corrected chi connectivity index (χ0v) is 24.4. The summed E-state index contributed by atoms with van der Waals surface area (Å²) in [6.07, 6.45) is 4.63. The Morgan fingerprint density at radius 2 is 1.24 bits per heavy atom. The van der Waals surface area contributed by atoms with Gasteiger partial charge in [-0.05, 0) is 41.6 Å². The van der Waals surface area contributed by atoms with Crippen molar-refractivity contribution in [3.63, 3.8) is 0 Å². The van der Waals surface area contributed by atoms with Gasteiger partial charge in [-0.2, -0.15) is 9.97 Å². The Bertz CT molecular complexity index is 1650. The summed E-state index contributed by atoms with van der Waals surface area (Å²) in [6, 6.07) is 13.1. The molecule has 0 saturated heterocycles. The minimum Gasteiger partial charge on any atom is -0.480 e. The molecular formula is C27H24F2N4O6S3. The standard InChI is InChI=1S/C14H13FN2O3S2.C13H11FN2O3S/c1-21-11-6-17(7-12(18)19)14(16-13(11)20)22-8-9-2-4-10(15)5-3-9;14-10-3-1-9(2-4-10)8-20-13-15-11(17)5-6-16(13)7-12(18)19/h2-6H,7-8H2,1H3,(H,18,19);1-6H,7-8H2,(H,18,19). The molecule has 0 radical (unpaired) electrons. The lowest BCUT2D eigenvalue weighted by atomic mass is 10.2. The number of benzene rings is 2. The Morgan fingerprint density at radius 3 is 1.71 bits per heavy atom. The highest BCUT2D eigenvalue weighted by atomic mass is 32.2. The molecule has 0 aliphatic rings. The van der Waals surface area contributed by atoms with E-state index in [1.165, 1.54) is 87.1 Å². The van der Waals surface area contributed by atoms with E-state index in [-0.39, 0.29) is 30.3 Å². The van der Waals surface area contributed by atoms with Crippen LogP contribution in [0, 0.1) is 11.6 Å². The maximum absolute atomic E-state index is 12.9. The number of aromatic nitrogens is 4. The smallest absolute Gasteiger partial charge is 0.323 e. The molecule has 2 aromatic carbocycles. The van der Waals surface area contributed by atoms with Crippen LogP contribution in [0.4, 0.5) is 8.78 Å². The number of carboxylic acids is 2. The van der Waals surface area contributed by atoms with Gasteiger partial charge < -0.3 is 19.3 Å². The first kappa shape index (κ1) is 32.6. The van der Waals surface area contributed by atoms with E-state index in [9.17, 15) is 28.0 Å². The van der Waals surface area contributed by atoms with Crippen molar-refractivity contribution in [3.8, 4) is 0 Å². The van der Waals surface area contributed by atoms with Crippen LogP contribution in [-0.4, -0.2) is 47.5 Å². The second kappa shape index (κ2) is 15.9. The fourth-order valence-electron chi connectivity index (χ4n) is 3.22. The lowest BCUT2D eigenvalue weighted by Gasteiger charge is -2.11. The van der Waals surface area contributed by atoms with Crippen LogP contribution in [0.1, 0.15) is 11.1 Å². The van der Waals surface area contributed by atoms with E-state index in [4.69, 9.17) is 10.2 Å². The van der Waals surface area contributed by atoms with Gasteiger partial charge in [0.05, 0.1) is 4.90 Å². The molecule has 2 N–H and O–H groups in total. The fourth-order valence-corrected chi connectivity index (χ4v) is 5.53. The summed E-state index contributed by atoms with van der Waals surface area (Å²) in [6.45, 7) is -0.536. The Kier molecular flexibility index (Phi) is 12.3. The van der Waals surface area contributed by atoms with Crippen molar-refractivity contribution in [2.45, 2.75) is 39.8 Å². The van der Waals surface area contributed by atoms with Crippen molar-refractivity contribution < 1.29 is 28.6 Å². The van der Waals surface area contributed by atoms with Gasteiger partial charge in [0.25, 0.3) is 11.1 Å². The van der Waals surface area contributed by atoms with Crippen LogP contribution in [0.25, 0.3) is 0 Å². The van der Waals surface area contributed by atoms with Crippen LogP contribution in [-0.2, 0) is 34.2 Å². The summed E-state index contributed by atoms with van der Waals surface area (Å²) in [4.78, 5) is 52.9. The molecule has 15 heteroatoms. The van der Waals surface area contributed by atoms with Gasteiger partial charge in [0.15, 0.2) is 10.3 Å². The topological polar surface area (TPSA) is 144 Å². The summed E-state index contributed by atoms with van der Waals surface area (Å²) in [5.74, 6) is -1.74. The predicted octanol–water partition coefficient (Wildman–Crippen LogP) is 4.24. The molecule has 0 fully saturated rings. The molecule has 42 heavy (non-hydrogen) atoms. The lowest BCUT2D eigenvalue weighted by molar-refractivity contribution is -0.138. The monoisotopic (exact) mass is 634 g/mol. The predicted molar refractivity (Wildman–Crippen MR) is 156 cm³/mol. The van der Waals surface area contributed by atoms with Gasteiger partial charge in [-0.15, -0.1) is 11.8 Å². The third-order valence-corrected chi connectivity index (χ3v) is 8.01. The van der Waals surface area contributed by atoms with Gasteiger partial charge in [0, 0.05) is 30.0 Å². The van der Waals surface area contributed by atoms with Crippen molar-refractivity contribution in [2.75, 3.05) is 6.26 Å². The summed E-state index contributed by atoms with van der Waals surface area (Å²) < 4.78 is 28.5. The van der Waals surface area contributed by atoms with Crippen LogP contribution in [0.2, 0.25) is 0 Å². The molecular weight excluding hydrogens is 611 g/mol. The van der Waals surface area contributed by atoms with Crippen LogP contribution in [0.15, 0.2) is 91.8 Å². The van der Waals surface area contributed by atoms with Crippen LogP contribution >= 0.6 is 35.3 Å². The first-order valence-electron chi connectivity index (χ1n) is 11.9. The van der Waals surface area contributed by atoms with E-state index in [0.29, 0.717) is 26.7 Å². The highest BCUT2D eigenvalue weighted by Gasteiger charge is 2.12. The Morgan fingerprint density at radius 1 is 0.762 bits per heavy atom. The SMILES string of the molecule is CSc1cn(CC(=O)O)c(SCc2ccc(F)cc2)nc1=O.O=C(O)Cn1ccc(=O)nc1SCc1ccc(F)cc1. The van der Waals surface area contributed by atoms with Gasteiger partial charge >= 0.3 is 11.9 Å². The molecule has 10 nitrogen and oxygen atoms in total. The minimum absolute atomic E-state index is 0.265. The lowest BCUT2D eigenvalue weighted by Crippen LogP contribution is -2.19. The van der Waals surface area contributed by atoms with Gasteiger partial charge in [0.2, 0.25) is 0 Å². The molecule has 2 aromatic heterocycles. The zero-order chi connectivity index (χ0) is 30.6. The molecule has 4 aromatic rings. The van der Waals surface area contributed by atoms with Crippen molar-refractivity contribution >= 4 is 47.2 Å². The molecule has 0 aliphatic heterocycles. The number of carboxylic acid groups (broad SMARTS) is 2. The van der Waals surface area contributed by atoms with Gasteiger partial charge in [-0.3, -0.25) is 19.2 Å². The Balaban J connectivity index is 0.000000231. The van der Waals surface area contributed by atoms with E-state index >= 15 is 0 Å². The molecule has 0 bridgehead atoms. The minimum atomic E-state index is -1.01. The fraction of sp³-hybridized carbons (Fsp3) is 0.185. The van der Waals surface area contributed by atoms with Crippen molar-refractivity contribution in [2.24, 2.45) is 0 Å². The van der Waals surface area contributed by atoms with Crippen molar-refractivity contribution in [1.29, 1.82) is 0 Å². The maximum atomic E-state index is 12.9. The number of nitrogens with zero attached hydrogens (tertiary/aromatic N) is 4. The number of rotatable bonds is 11. The second-order valence-electron chi connectivity index (χ2n) is 8.32. The van der Waals surface area contributed by atoms with Gasteiger partial charge in [-0.1, -0.05) is 47.8 Å². The summed E-state index contributed by atoms with van der Waals surface area (Å²) in [7, 11) is 0. The molecule has 2 heterocycles. The van der Waals surface area contributed by atoms with E-state index in [0.717, 1.165) is 11.1 Å². The summed E-state index contributed by atoms with van der Waals surface area (Å²) in [5.41, 5.74) is 0.914. The van der Waals surface area contributed by atoms with Crippen LogP contribution in [0.5, 0.6) is 0 Å². The number of aliphatic carboxylic acids is 2. The highest BCUT2D eigenvalue weighted by molar-refractivity contribution is 7.99. The number of halogens is 2. The first-order valence-corrected chi connectivity index (χ1v) is 15.1.